The molecule has 2 aliphatic rings. The molecule has 0 unspecified atom stereocenters. The van der Waals surface area contributed by atoms with Gasteiger partial charge >= 0.3 is 0 Å². The van der Waals surface area contributed by atoms with Gasteiger partial charge in [0.05, 0.1) is 69.6 Å². The summed E-state index contributed by atoms with van der Waals surface area (Å²) in [4.78, 5) is 62.7. The van der Waals surface area contributed by atoms with Crippen molar-refractivity contribution >= 4 is 106 Å². The molecule has 0 saturated carbocycles. The summed E-state index contributed by atoms with van der Waals surface area (Å²) in [5, 5.41) is 38.0. The summed E-state index contributed by atoms with van der Waals surface area (Å²) < 4.78 is 43.7. The lowest BCUT2D eigenvalue weighted by Crippen LogP contribution is -2.48. The fourth-order valence-corrected chi connectivity index (χ4v) is 30.7. The number of nitrogens with zero attached hydrogens (tertiary/aromatic N) is 14. The Balaban J connectivity index is 0.000000228. The van der Waals surface area contributed by atoms with Gasteiger partial charge in [-0.15, -0.1) is 22.7 Å². The second-order valence-corrected chi connectivity index (χ2v) is 45.6. The van der Waals surface area contributed by atoms with E-state index in [0.29, 0.717) is 143 Å². The molecule has 4 aromatic carbocycles. The van der Waals surface area contributed by atoms with Gasteiger partial charge in [-0.1, -0.05) is 107 Å². The van der Waals surface area contributed by atoms with Crippen molar-refractivity contribution in [1.82, 2.24) is 48.8 Å². The Kier molecular flexibility index (Phi) is 29.7. The zero-order chi connectivity index (χ0) is 83.4. The number of piperidine rings is 2. The predicted octanol–water partition coefficient (Wildman–Crippen LogP) is 20.3. The van der Waals surface area contributed by atoms with Crippen molar-refractivity contribution in [2.45, 2.75) is 193 Å². The number of fused-ring (bicyclic) bond motifs is 2. The van der Waals surface area contributed by atoms with Crippen LogP contribution in [0.2, 0.25) is 33.2 Å². The first-order chi connectivity index (χ1) is 55.6. The van der Waals surface area contributed by atoms with Crippen molar-refractivity contribution in [2.24, 2.45) is 0 Å². The second kappa shape index (κ2) is 39.2. The van der Waals surface area contributed by atoms with Crippen molar-refractivity contribution < 1.29 is 37.6 Å². The average molecular weight is 1660 g/mol. The van der Waals surface area contributed by atoms with Crippen LogP contribution in [0.3, 0.4) is 0 Å². The van der Waals surface area contributed by atoms with E-state index in [1.54, 1.807) is 75.6 Å². The topological polar surface area (TPSA) is 266 Å². The molecule has 30 heteroatoms. The van der Waals surface area contributed by atoms with Gasteiger partial charge in [-0.3, -0.25) is 20.2 Å². The minimum absolute atomic E-state index is 0.00380. The van der Waals surface area contributed by atoms with Crippen molar-refractivity contribution in [3.05, 3.63) is 140 Å². The van der Waals surface area contributed by atoms with Crippen LogP contribution in [-0.2, 0) is 44.6 Å². The number of imidazole rings is 2. The van der Waals surface area contributed by atoms with Crippen LogP contribution in [-0.4, -0.2) is 183 Å². The molecule has 2 fully saturated rings. The second-order valence-electron chi connectivity index (χ2n) is 32.8. The summed E-state index contributed by atoms with van der Waals surface area (Å²) in [6.07, 6.45) is 10.0. The highest BCUT2D eigenvalue weighted by Gasteiger charge is 2.46. The Labute approximate surface area is 694 Å². The maximum Gasteiger partial charge on any atom is 0.294 e. The average Bonchev–Trinajstić information content (AvgIpc) is 1.52. The van der Waals surface area contributed by atoms with E-state index in [0.717, 1.165) is 84.1 Å². The van der Waals surface area contributed by atoms with Gasteiger partial charge in [0.25, 0.3) is 11.4 Å². The van der Waals surface area contributed by atoms with Gasteiger partial charge in [-0.25, -0.2) is 29.9 Å². The fourth-order valence-electron chi connectivity index (χ4n) is 18.0. The number of rotatable bonds is 36. The Hall–Kier alpha value is -8.83. The molecule has 10 aromatic rings. The van der Waals surface area contributed by atoms with E-state index in [4.69, 9.17) is 47.7 Å². The number of ether oxygens (including phenoxy) is 4. The maximum absolute atomic E-state index is 12.5. The highest BCUT2D eigenvalue weighted by Crippen LogP contribution is 2.47. The Bertz CT molecular complexity index is 4620. The molecule has 0 amide bonds. The standard InChI is InChI=1S/2C43H60N8O5SSi/c2*1-28(2)58(29(3)4,30(5)6)56-22-11-12-40-47-41(32-14-13-31-18-23-57-39(31)24-32)42(50(40)27-54-9)34-15-19-44-43(45-34)46-35-25-37(51(52)53)36(26-38(35)55-10)49-20-16-33(17-21-49)48(7)8/h2*13-15,18-19,23-26,28-30,33H,11-12,16-17,20-22,27H2,1-10H3,(H,44,45,46). The highest BCUT2D eigenvalue weighted by atomic mass is 32.1. The van der Waals surface area contributed by atoms with Crippen LogP contribution < -0.4 is 29.9 Å². The molecule has 2 N–H and O–H groups in total. The highest BCUT2D eigenvalue weighted by molar-refractivity contribution is 7.17. The molecule has 26 nitrogen and oxygen atoms in total. The number of hydrogen-bond donors (Lipinski definition) is 2. The number of aryl methyl sites for hydroxylation is 2. The number of methoxy groups -OCH3 is 4. The largest absolute Gasteiger partial charge is 0.494 e. The lowest BCUT2D eigenvalue weighted by Gasteiger charge is -2.42. The van der Waals surface area contributed by atoms with Crippen LogP contribution in [0.15, 0.2) is 108 Å². The zero-order valence-corrected chi connectivity index (χ0v) is 75.1. The van der Waals surface area contributed by atoms with Crippen LogP contribution >= 0.6 is 22.7 Å². The maximum atomic E-state index is 12.5. The monoisotopic (exact) mass is 1660 g/mol. The third-order valence-corrected chi connectivity index (χ3v) is 37.6. The van der Waals surface area contributed by atoms with E-state index in [-0.39, 0.29) is 46.6 Å². The first-order valence-corrected chi connectivity index (χ1v) is 46.8. The molecular weight excluding hydrogens is 1540 g/mol. The first-order valence-electron chi connectivity index (χ1n) is 40.7. The minimum atomic E-state index is -2.02. The van der Waals surface area contributed by atoms with Crippen molar-refractivity contribution in [3.63, 3.8) is 0 Å². The lowest BCUT2D eigenvalue weighted by molar-refractivity contribution is -0.384. The van der Waals surface area contributed by atoms with Crippen molar-refractivity contribution in [1.29, 1.82) is 0 Å². The molecule has 116 heavy (non-hydrogen) atoms. The van der Waals surface area contributed by atoms with E-state index in [1.165, 1.54) is 32.3 Å². The number of nitro groups is 2. The molecule has 2 aliphatic heterocycles. The molecule has 12 rings (SSSR count). The quantitative estimate of drug-likeness (QED) is 0.0160. The van der Waals surface area contributed by atoms with Gasteiger partial charge in [0.1, 0.15) is 48.0 Å². The van der Waals surface area contributed by atoms with E-state index >= 15 is 0 Å². The summed E-state index contributed by atoms with van der Waals surface area (Å²) in [6, 6.07) is 28.2. The number of benzene rings is 4. The third-order valence-electron chi connectivity index (χ3n) is 23.6. The van der Waals surface area contributed by atoms with Crippen LogP contribution in [0.25, 0.3) is 65.5 Å². The zero-order valence-electron chi connectivity index (χ0n) is 71.5. The van der Waals surface area contributed by atoms with E-state index in [1.807, 2.05) is 12.1 Å². The van der Waals surface area contributed by atoms with Gasteiger partial charge in [0.15, 0.2) is 16.6 Å². The number of hydrogen-bond acceptors (Lipinski definition) is 24. The number of thiophene rings is 2. The van der Waals surface area contributed by atoms with Crippen LogP contribution in [0.5, 0.6) is 11.5 Å². The Morgan fingerprint density at radius 1 is 0.500 bits per heavy atom. The number of nitrogens with one attached hydrogen (secondary N) is 2. The molecule has 624 valence electrons. The third kappa shape index (κ3) is 19.3. The molecule has 0 atom stereocenters. The lowest BCUT2D eigenvalue weighted by atomic mass is 10.0. The number of aromatic nitrogens is 8. The minimum Gasteiger partial charge on any atom is -0.494 e. The molecule has 6 aromatic heterocycles. The normalized spacial score (nSPS) is 14.1. The molecule has 2 saturated heterocycles. The SMILES string of the molecule is COCn1c(CCCO[Si](C(C)C)(C(C)C)C(C)C)nc(-c2ccc3ccsc3c2)c1-c1ccnc(Nc2cc([N+](=O)[O-])c(N3CCC(N(C)C)CC3)cc2OC)n1.COCn1c(CCCO[Si](C(C)C)(C(C)C)C(C)C)nc(-c2ccc3ccsc3c2)c1-c1ccnc(Nc2cc([N+](=O)[O-])c(N3CCC(N(C)C)CC3)cc2OC)n1. The summed E-state index contributed by atoms with van der Waals surface area (Å²) in [5.74, 6) is 3.21. The van der Waals surface area contributed by atoms with Crippen molar-refractivity contribution in [3.8, 4) is 56.8 Å². The van der Waals surface area contributed by atoms with Crippen LogP contribution in [0.1, 0.15) is 133 Å². The summed E-state index contributed by atoms with van der Waals surface area (Å²) in [6.45, 7) is 32.5. The van der Waals surface area contributed by atoms with Crippen LogP contribution in [0, 0.1) is 20.2 Å². The van der Waals surface area contributed by atoms with E-state index in [9.17, 15) is 20.2 Å². The predicted molar refractivity (Wildman–Crippen MR) is 477 cm³/mol. The van der Waals surface area contributed by atoms with Gasteiger partial charge in [-0.05, 0) is 158 Å². The smallest absolute Gasteiger partial charge is 0.294 e. The molecule has 0 radical (unpaired) electrons. The number of anilines is 6. The number of nitro benzene ring substituents is 2. The first kappa shape index (κ1) is 88.0. The van der Waals surface area contributed by atoms with E-state index < -0.39 is 16.6 Å². The Morgan fingerprint density at radius 3 is 1.18 bits per heavy atom. The summed E-state index contributed by atoms with van der Waals surface area (Å²) in [5.41, 5.74) is 11.3. The molecule has 8 heterocycles. The Morgan fingerprint density at radius 2 is 0.862 bits per heavy atom. The van der Waals surface area contributed by atoms with Crippen LogP contribution in [0.4, 0.5) is 46.0 Å². The molecule has 0 aliphatic carbocycles. The summed E-state index contributed by atoms with van der Waals surface area (Å²) in [7, 11) is 10.8. The van der Waals surface area contributed by atoms with Gasteiger partial charge in [0, 0.05) is 136 Å². The van der Waals surface area contributed by atoms with Crippen molar-refractivity contribution in [2.75, 3.05) is 116 Å². The molecule has 0 bridgehead atoms. The molecule has 0 spiro atoms. The van der Waals surface area contributed by atoms with Gasteiger partial charge < -0.3 is 67.2 Å². The van der Waals surface area contributed by atoms with Gasteiger partial charge in [0.2, 0.25) is 11.9 Å². The summed E-state index contributed by atoms with van der Waals surface area (Å²) >= 11 is 3.39. The fraction of sp³-hybridized carbons (Fsp3) is 0.512. The molecular formula is C86H120N16O10S2Si2. The van der Waals surface area contributed by atoms with E-state index in [2.05, 4.69) is 220 Å². The van der Waals surface area contributed by atoms with Gasteiger partial charge in [-0.2, -0.15) is 0 Å².